The molecule has 1 saturated heterocycles. The topological polar surface area (TPSA) is 74.3 Å². The number of amides is 3. The monoisotopic (exact) mass is 372 g/mol. The molecule has 2 aromatic rings. The molecule has 3 rings (SSSR count). The molecule has 2 N–H and O–H groups in total. The van der Waals surface area contributed by atoms with Crippen LogP contribution in [0.3, 0.4) is 0 Å². The molecule has 138 valence electrons. The lowest BCUT2D eigenvalue weighted by molar-refractivity contribution is -0.134. The van der Waals surface area contributed by atoms with E-state index in [0.717, 1.165) is 25.8 Å². The average Bonchev–Trinajstić information content (AvgIpc) is 3.09. The van der Waals surface area contributed by atoms with E-state index in [-0.39, 0.29) is 18.4 Å². The van der Waals surface area contributed by atoms with Crippen LogP contribution in [0.25, 0.3) is 0 Å². The van der Waals surface area contributed by atoms with E-state index in [9.17, 15) is 9.59 Å². The molecule has 2 heterocycles. The highest BCUT2D eigenvalue weighted by Crippen LogP contribution is 2.22. The summed E-state index contributed by atoms with van der Waals surface area (Å²) >= 11 is 1.33. The Morgan fingerprint density at radius 2 is 2.04 bits per heavy atom. The first-order valence-electron chi connectivity index (χ1n) is 9.02. The van der Waals surface area contributed by atoms with Crippen LogP contribution in [0.5, 0.6) is 0 Å². The van der Waals surface area contributed by atoms with Crippen molar-refractivity contribution in [1.29, 1.82) is 0 Å². The molecule has 0 spiro atoms. The minimum Gasteiger partial charge on any atom is -0.339 e. The van der Waals surface area contributed by atoms with Gasteiger partial charge in [0.05, 0.1) is 12.1 Å². The van der Waals surface area contributed by atoms with E-state index < -0.39 is 0 Å². The molecule has 0 aliphatic carbocycles. The van der Waals surface area contributed by atoms with Crippen LogP contribution in [0.15, 0.2) is 35.7 Å². The lowest BCUT2D eigenvalue weighted by Gasteiger charge is -2.35. The van der Waals surface area contributed by atoms with Gasteiger partial charge >= 0.3 is 6.03 Å². The van der Waals surface area contributed by atoms with E-state index in [1.807, 2.05) is 40.6 Å². The molecule has 1 atom stereocenters. The molecule has 0 radical (unpaired) electrons. The number of nitrogens with zero attached hydrogens (tertiary/aromatic N) is 2. The van der Waals surface area contributed by atoms with Crippen LogP contribution in [0.4, 0.5) is 15.6 Å². The number of nitrogens with one attached hydrogen (secondary N) is 2. The minimum absolute atomic E-state index is 0.127. The van der Waals surface area contributed by atoms with Crippen molar-refractivity contribution in [1.82, 2.24) is 9.88 Å². The molecule has 7 heteroatoms. The largest absolute Gasteiger partial charge is 0.339 e. The van der Waals surface area contributed by atoms with Gasteiger partial charge in [0, 0.05) is 23.7 Å². The summed E-state index contributed by atoms with van der Waals surface area (Å²) in [5.74, 6) is 0.127. The number of rotatable bonds is 5. The van der Waals surface area contributed by atoms with Gasteiger partial charge in [-0.15, -0.1) is 11.3 Å². The van der Waals surface area contributed by atoms with Crippen molar-refractivity contribution >= 4 is 34.1 Å². The number of likely N-dealkylation sites (tertiary alicyclic amines) is 1. The number of benzene rings is 1. The molecule has 26 heavy (non-hydrogen) atoms. The van der Waals surface area contributed by atoms with Crippen molar-refractivity contribution in [3.63, 3.8) is 0 Å². The summed E-state index contributed by atoms with van der Waals surface area (Å²) < 4.78 is 0. The SMILES string of the molecule is CCC1CCCCN1C(=O)Cc1csc(NC(=O)Nc2ccccc2)n1. The number of hydrogen-bond donors (Lipinski definition) is 2. The number of para-hydroxylation sites is 1. The Morgan fingerprint density at radius 3 is 2.81 bits per heavy atom. The molecule has 0 bridgehead atoms. The van der Waals surface area contributed by atoms with Gasteiger partial charge in [-0.3, -0.25) is 10.1 Å². The maximum Gasteiger partial charge on any atom is 0.325 e. The lowest BCUT2D eigenvalue weighted by Crippen LogP contribution is -2.44. The van der Waals surface area contributed by atoms with E-state index in [1.54, 1.807) is 0 Å². The van der Waals surface area contributed by atoms with Crippen molar-refractivity contribution < 1.29 is 9.59 Å². The Kier molecular flexibility index (Phi) is 6.22. The fourth-order valence-corrected chi connectivity index (χ4v) is 3.94. The zero-order chi connectivity index (χ0) is 18.4. The highest BCUT2D eigenvalue weighted by molar-refractivity contribution is 7.14. The van der Waals surface area contributed by atoms with Crippen LogP contribution in [-0.2, 0) is 11.2 Å². The Bertz CT molecular complexity index is 747. The number of aromatic nitrogens is 1. The first-order valence-corrected chi connectivity index (χ1v) is 9.90. The van der Waals surface area contributed by atoms with E-state index in [2.05, 4.69) is 22.5 Å². The van der Waals surface area contributed by atoms with Crippen molar-refractivity contribution in [2.24, 2.45) is 0 Å². The quantitative estimate of drug-likeness (QED) is 0.829. The van der Waals surface area contributed by atoms with Crippen LogP contribution >= 0.6 is 11.3 Å². The van der Waals surface area contributed by atoms with Gasteiger partial charge < -0.3 is 10.2 Å². The smallest absolute Gasteiger partial charge is 0.325 e. The molecule has 1 aromatic carbocycles. The fourth-order valence-electron chi connectivity index (χ4n) is 3.24. The van der Waals surface area contributed by atoms with E-state index >= 15 is 0 Å². The maximum atomic E-state index is 12.6. The standard InChI is InChI=1S/C19H24N4O2S/c1-2-16-10-6-7-11-23(16)17(24)12-15-13-26-19(21-15)22-18(25)20-14-8-4-3-5-9-14/h3-5,8-9,13,16H,2,6-7,10-12H2,1H3,(H2,20,21,22,25). The lowest BCUT2D eigenvalue weighted by atomic mass is 9.99. The van der Waals surface area contributed by atoms with Crippen molar-refractivity contribution in [3.05, 3.63) is 41.4 Å². The van der Waals surface area contributed by atoms with E-state index in [1.165, 1.54) is 17.8 Å². The van der Waals surface area contributed by atoms with Crippen LogP contribution in [-0.4, -0.2) is 34.4 Å². The van der Waals surface area contributed by atoms with Gasteiger partial charge in [-0.2, -0.15) is 0 Å². The molecule has 0 saturated carbocycles. The van der Waals surface area contributed by atoms with Gasteiger partial charge in [0.25, 0.3) is 0 Å². The normalized spacial score (nSPS) is 17.0. The van der Waals surface area contributed by atoms with Crippen LogP contribution in [0.2, 0.25) is 0 Å². The first-order chi connectivity index (χ1) is 12.7. The second-order valence-corrected chi connectivity index (χ2v) is 7.27. The summed E-state index contributed by atoms with van der Waals surface area (Å²) in [5.41, 5.74) is 1.42. The number of hydrogen-bond acceptors (Lipinski definition) is 4. The molecule has 1 aliphatic rings. The molecule has 3 amide bonds. The Balaban J connectivity index is 1.54. The number of urea groups is 1. The van der Waals surface area contributed by atoms with Crippen LogP contribution in [0, 0.1) is 0 Å². The molecular weight excluding hydrogens is 348 g/mol. The second kappa shape index (κ2) is 8.80. The Morgan fingerprint density at radius 1 is 1.23 bits per heavy atom. The summed E-state index contributed by atoms with van der Waals surface area (Å²) in [6, 6.07) is 9.23. The summed E-state index contributed by atoms with van der Waals surface area (Å²) in [6.45, 7) is 2.97. The summed E-state index contributed by atoms with van der Waals surface area (Å²) in [5, 5.41) is 7.79. The van der Waals surface area contributed by atoms with Crippen molar-refractivity contribution in [2.75, 3.05) is 17.2 Å². The zero-order valence-corrected chi connectivity index (χ0v) is 15.7. The molecule has 1 unspecified atom stereocenters. The second-order valence-electron chi connectivity index (χ2n) is 6.41. The predicted octanol–water partition coefficient (Wildman–Crippen LogP) is 4.12. The third kappa shape index (κ3) is 4.82. The predicted molar refractivity (Wildman–Crippen MR) is 105 cm³/mol. The number of anilines is 2. The van der Waals surface area contributed by atoms with Gasteiger partial charge in [0.15, 0.2) is 5.13 Å². The van der Waals surface area contributed by atoms with E-state index in [4.69, 9.17) is 0 Å². The number of carbonyl (C=O) groups excluding carboxylic acids is 2. The number of carbonyl (C=O) groups is 2. The highest BCUT2D eigenvalue weighted by atomic mass is 32.1. The van der Waals surface area contributed by atoms with E-state index in [0.29, 0.717) is 22.6 Å². The van der Waals surface area contributed by atoms with Crippen LogP contribution in [0.1, 0.15) is 38.3 Å². The van der Waals surface area contributed by atoms with Gasteiger partial charge in [0.1, 0.15) is 0 Å². The van der Waals surface area contributed by atoms with Gasteiger partial charge in [0.2, 0.25) is 5.91 Å². The summed E-state index contributed by atoms with van der Waals surface area (Å²) in [4.78, 5) is 31.0. The third-order valence-corrected chi connectivity index (χ3v) is 5.36. The van der Waals surface area contributed by atoms with Crippen LogP contribution < -0.4 is 10.6 Å². The number of piperidine rings is 1. The van der Waals surface area contributed by atoms with Crippen molar-refractivity contribution in [3.8, 4) is 0 Å². The van der Waals surface area contributed by atoms with Gasteiger partial charge in [-0.05, 0) is 37.8 Å². The average molecular weight is 372 g/mol. The summed E-state index contributed by atoms with van der Waals surface area (Å²) in [6.07, 6.45) is 4.64. The Hall–Kier alpha value is -2.41. The Labute approximate surface area is 157 Å². The first kappa shape index (κ1) is 18.4. The molecule has 1 aliphatic heterocycles. The fraction of sp³-hybridized carbons (Fsp3) is 0.421. The highest BCUT2D eigenvalue weighted by Gasteiger charge is 2.25. The van der Waals surface area contributed by atoms with Gasteiger partial charge in [-0.1, -0.05) is 25.1 Å². The van der Waals surface area contributed by atoms with Gasteiger partial charge in [-0.25, -0.2) is 9.78 Å². The van der Waals surface area contributed by atoms with Crippen molar-refractivity contribution in [2.45, 2.75) is 45.1 Å². The zero-order valence-electron chi connectivity index (χ0n) is 14.9. The maximum absolute atomic E-state index is 12.6. The molecular formula is C19H24N4O2S. The summed E-state index contributed by atoms with van der Waals surface area (Å²) in [7, 11) is 0. The third-order valence-electron chi connectivity index (χ3n) is 4.55. The molecule has 6 nitrogen and oxygen atoms in total. The minimum atomic E-state index is -0.342. The molecule has 1 fully saturated rings. The molecule has 1 aromatic heterocycles. The number of thiazole rings is 1.